The van der Waals surface area contributed by atoms with Crippen LogP contribution in [0.5, 0.6) is 11.5 Å². The van der Waals surface area contributed by atoms with Gasteiger partial charge in [-0.2, -0.15) is 0 Å². The van der Waals surface area contributed by atoms with Gasteiger partial charge < -0.3 is 24.4 Å². The highest BCUT2D eigenvalue weighted by atomic mass is 32.1. The van der Waals surface area contributed by atoms with E-state index < -0.39 is 18.0 Å². The van der Waals surface area contributed by atoms with Crippen LogP contribution in [-0.2, 0) is 16.0 Å². The molecule has 138 valence electrons. The predicted molar refractivity (Wildman–Crippen MR) is 98.1 cm³/mol. The van der Waals surface area contributed by atoms with Gasteiger partial charge in [0.15, 0.2) is 17.5 Å². The molecule has 1 N–H and O–H groups in total. The van der Waals surface area contributed by atoms with Crippen molar-refractivity contribution in [2.75, 3.05) is 33.2 Å². The van der Waals surface area contributed by atoms with Gasteiger partial charge in [0.1, 0.15) is 0 Å². The Bertz CT molecular complexity index is 820. The maximum absolute atomic E-state index is 12.9. The summed E-state index contributed by atoms with van der Waals surface area (Å²) in [5, 5.41) is 4.74. The van der Waals surface area contributed by atoms with Crippen molar-refractivity contribution in [1.29, 1.82) is 0 Å². The number of nitrogens with zero attached hydrogens (tertiary/aromatic N) is 1. The van der Waals surface area contributed by atoms with Gasteiger partial charge in [-0.3, -0.25) is 0 Å². The lowest BCUT2D eigenvalue weighted by Gasteiger charge is -2.34. The van der Waals surface area contributed by atoms with Crippen molar-refractivity contribution >= 4 is 29.0 Å². The quantitative estimate of drug-likeness (QED) is 0.830. The number of anilines is 1. The molecule has 0 saturated heterocycles. The van der Waals surface area contributed by atoms with Gasteiger partial charge in [0.05, 0.1) is 27.0 Å². The molecule has 0 spiro atoms. The van der Waals surface area contributed by atoms with Crippen molar-refractivity contribution in [3.05, 3.63) is 40.1 Å². The zero-order valence-corrected chi connectivity index (χ0v) is 15.6. The normalized spacial score (nSPS) is 15.8. The maximum Gasteiger partial charge on any atom is 0.333 e. The van der Waals surface area contributed by atoms with Crippen LogP contribution in [0.3, 0.4) is 0 Å². The number of fused-ring (bicyclic) bond motifs is 1. The van der Waals surface area contributed by atoms with Gasteiger partial charge in [-0.1, -0.05) is 6.07 Å². The molecule has 7 nitrogen and oxygen atoms in total. The summed E-state index contributed by atoms with van der Waals surface area (Å²) >= 11 is 1.58. The molecule has 1 atom stereocenters. The van der Waals surface area contributed by atoms with E-state index in [-0.39, 0.29) is 0 Å². The Morgan fingerprint density at radius 2 is 2.00 bits per heavy atom. The summed E-state index contributed by atoms with van der Waals surface area (Å²) in [4.78, 5) is 27.8. The highest BCUT2D eigenvalue weighted by Crippen LogP contribution is 2.37. The van der Waals surface area contributed by atoms with Crippen molar-refractivity contribution in [2.45, 2.75) is 12.5 Å². The Morgan fingerprint density at radius 3 is 2.69 bits per heavy atom. The van der Waals surface area contributed by atoms with E-state index in [1.54, 1.807) is 29.5 Å². The molecule has 8 heteroatoms. The lowest BCUT2D eigenvalue weighted by Crippen LogP contribution is -2.45. The molecule has 0 aliphatic carbocycles. The minimum atomic E-state index is -0.758. The summed E-state index contributed by atoms with van der Waals surface area (Å²) < 4.78 is 15.5. The number of urea groups is 1. The Morgan fingerprint density at radius 1 is 1.19 bits per heavy atom. The van der Waals surface area contributed by atoms with Crippen LogP contribution in [0.25, 0.3) is 0 Å². The van der Waals surface area contributed by atoms with Crippen LogP contribution in [0.1, 0.15) is 16.5 Å². The number of carbonyl (C=O) groups excluding carboxylic acids is 2. The largest absolute Gasteiger partial charge is 0.493 e. The van der Waals surface area contributed by atoms with E-state index in [1.165, 1.54) is 26.2 Å². The molecule has 2 heterocycles. The van der Waals surface area contributed by atoms with Crippen LogP contribution in [0.15, 0.2) is 29.6 Å². The number of benzene rings is 1. The number of ether oxygens (including phenoxy) is 3. The van der Waals surface area contributed by atoms with Gasteiger partial charge in [-0.25, -0.2) is 9.59 Å². The van der Waals surface area contributed by atoms with E-state index >= 15 is 0 Å². The lowest BCUT2D eigenvalue weighted by molar-refractivity contribution is -0.146. The number of hydrogen-bond acceptors (Lipinski definition) is 6. The summed E-state index contributed by atoms with van der Waals surface area (Å²) in [6.45, 7) is 0.422. The van der Waals surface area contributed by atoms with Crippen LogP contribution >= 0.6 is 11.3 Å². The van der Waals surface area contributed by atoms with Gasteiger partial charge >= 0.3 is 12.0 Å². The average Bonchev–Trinajstić information content (AvgIpc) is 3.14. The molecule has 1 aliphatic heterocycles. The number of hydrogen-bond donors (Lipinski definition) is 1. The number of amides is 2. The molecule has 3 rings (SSSR count). The van der Waals surface area contributed by atoms with Gasteiger partial charge in [0.2, 0.25) is 0 Å². The smallest absolute Gasteiger partial charge is 0.333 e. The lowest BCUT2D eigenvalue weighted by atomic mass is 10.0. The third-order valence-corrected chi connectivity index (χ3v) is 5.29. The van der Waals surface area contributed by atoms with Crippen LogP contribution in [0.4, 0.5) is 10.5 Å². The number of carbonyl (C=O) groups is 2. The van der Waals surface area contributed by atoms with E-state index in [9.17, 15) is 9.59 Å². The standard InChI is InChI=1S/C18H20N2O5S/c1-23-13-6-4-5-12(16(13)24-2)19-18(22)20-9-7-14-11(8-10-26-14)15(20)17(21)25-3/h4-6,8,10,15H,7,9H2,1-3H3,(H,19,22). The second kappa shape index (κ2) is 7.65. The molecule has 1 aromatic heterocycles. The number of rotatable bonds is 4. The monoisotopic (exact) mass is 376 g/mol. The summed E-state index contributed by atoms with van der Waals surface area (Å²) in [6, 6.07) is 5.92. The first kappa shape index (κ1) is 18.1. The summed E-state index contributed by atoms with van der Waals surface area (Å²) in [7, 11) is 4.35. The first-order chi connectivity index (χ1) is 12.6. The van der Waals surface area contributed by atoms with Crippen LogP contribution in [0.2, 0.25) is 0 Å². The fourth-order valence-electron chi connectivity index (χ4n) is 3.07. The van der Waals surface area contributed by atoms with Crippen molar-refractivity contribution in [3.63, 3.8) is 0 Å². The van der Waals surface area contributed by atoms with E-state index in [0.29, 0.717) is 30.2 Å². The van der Waals surface area contributed by atoms with E-state index in [4.69, 9.17) is 14.2 Å². The van der Waals surface area contributed by atoms with Gasteiger partial charge in [-0.15, -0.1) is 11.3 Å². The number of esters is 1. The van der Waals surface area contributed by atoms with E-state index in [0.717, 1.165) is 10.4 Å². The molecular formula is C18H20N2O5S. The highest BCUT2D eigenvalue weighted by molar-refractivity contribution is 7.10. The number of methoxy groups -OCH3 is 3. The molecule has 1 aromatic carbocycles. The van der Waals surface area contributed by atoms with Crippen molar-refractivity contribution in [2.24, 2.45) is 0 Å². The molecule has 0 radical (unpaired) electrons. The molecule has 1 aliphatic rings. The second-order valence-electron chi connectivity index (χ2n) is 5.64. The molecular weight excluding hydrogens is 356 g/mol. The number of thiophene rings is 1. The fraction of sp³-hybridized carbons (Fsp3) is 0.333. The molecule has 0 bridgehead atoms. The molecule has 26 heavy (non-hydrogen) atoms. The fourth-order valence-corrected chi connectivity index (χ4v) is 3.98. The zero-order chi connectivity index (χ0) is 18.7. The van der Waals surface area contributed by atoms with Crippen LogP contribution < -0.4 is 14.8 Å². The highest BCUT2D eigenvalue weighted by Gasteiger charge is 2.37. The van der Waals surface area contributed by atoms with Crippen molar-refractivity contribution in [1.82, 2.24) is 4.90 Å². The minimum absolute atomic E-state index is 0.399. The predicted octanol–water partition coefficient (Wildman–Crippen LogP) is 3.07. The zero-order valence-electron chi connectivity index (χ0n) is 14.8. The minimum Gasteiger partial charge on any atom is -0.493 e. The van der Waals surface area contributed by atoms with Gasteiger partial charge in [0, 0.05) is 11.4 Å². The van der Waals surface area contributed by atoms with Crippen molar-refractivity contribution in [3.8, 4) is 11.5 Å². The average molecular weight is 376 g/mol. The Kier molecular flexibility index (Phi) is 5.32. The second-order valence-corrected chi connectivity index (χ2v) is 6.64. The molecule has 2 aromatic rings. The molecule has 0 saturated carbocycles. The number of nitrogens with one attached hydrogen (secondary N) is 1. The summed E-state index contributed by atoms with van der Waals surface area (Å²) in [6.07, 6.45) is 0.698. The van der Waals surface area contributed by atoms with E-state index in [1.807, 2.05) is 11.4 Å². The SMILES string of the molecule is COC(=O)C1c2ccsc2CCN1C(=O)Nc1cccc(OC)c1OC. The topological polar surface area (TPSA) is 77.1 Å². The Labute approximate surface area is 155 Å². The van der Waals surface area contributed by atoms with Crippen molar-refractivity contribution < 1.29 is 23.8 Å². The summed E-state index contributed by atoms with van der Waals surface area (Å²) in [5.74, 6) is 0.469. The van der Waals surface area contributed by atoms with Gasteiger partial charge in [0.25, 0.3) is 0 Å². The van der Waals surface area contributed by atoms with Crippen LogP contribution in [0, 0.1) is 0 Å². The van der Waals surface area contributed by atoms with Crippen LogP contribution in [-0.4, -0.2) is 44.8 Å². The third kappa shape index (κ3) is 3.20. The number of para-hydroxylation sites is 1. The first-order valence-corrected chi connectivity index (χ1v) is 8.91. The summed E-state index contributed by atoms with van der Waals surface area (Å²) in [5.41, 5.74) is 1.29. The molecule has 2 amide bonds. The molecule has 0 fully saturated rings. The molecule has 1 unspecified atom stereocenters. The van der Waals surface area contributed by atoms with Gasteiger partial charge in [-0.05, 0) is 35.6 Å². The Balaban J connectivity index is 1.89. The third-order valence-electron chi connectivity index (χ3n) is 4.30. The van der Waals surface area contributed by atoms with E-state index in [2.05, 4.69) is 5.32 Å². The first-order valence-electron chi connectivity index (χ1n) is 8.03. The maximum atomic E-state index is 12.9. The Hall–Kier alpha value is -2.74.